The molecule has 0 aliphatic heterocycles. The lowest BCUT2D eigenvalue weighted by molar-refractivity contribution is -0.0500. The van der Waals surface area contributed by atoms with E-state index in [0.717, 1.165) is 18.9 Å². The fourth-order valence-electron chi connectivity index (χ4n) is 3.15. The van der Waals surface area contributed by atoms with Gasteiger partial charge in [-0.05, 0) is 26.0 Å². The Bertz CT molecular complexity index is 1180. The Morgan fingerprint density at radius 3 is 2.49 bits per heavy atom. The van der Waals surface area contributed by atoms with E-state index in [1.54, 1.807) is 11.4 Å². The lowest BCUT2D eigenvalue weighted by Gasteiger charge is -2.25. The second kappa shape index (κ2) is 10.6. The summed E-state index contributed by atoms with van der Waals surface area (Å²) in [4.78, 5) is 8.16. The van der Waals surface area contributed by atoms with E-state index < -0.39 is 41.8 Å². The first-order valence-electron chi connectivity index (χ1n) is 10.3. The van der Waals surface area contributed by atoms with Gasteiger partial charge in [0.2, 0.25) is 5.95 Å². The third kappa shape index (κ3) is 6.28. The number of ether oxygens (including phenoxy) is 1. The molecule has 2 heterocycles. The van der Waals surface area contributed by atoms with Crippen LogP contribution in [0.1, 0.15) is 36.8 Å². The molecular formula is C20H19F5N6O3S. The highest BCUT2D eigenvalue weighted by Gasteiger charge is 2.32. The fraction of sp³-hybridized carbons (Fsp3) is 0.400. The van der Waals surface area contributed by atoms with Crippen molar-refractivity contribution < 1.29 is 35.3 Å². The highest BCUT2D eigenvalue weighted by atomic mass is 32.2. The van der Waals surface area contributed by atoms with E-state index in [4.69, 9.17) is 4.42 Å². The molecule has 1 fully saturated rings. The van der Waals surface area contributed by atoms with Crippen LogP contribution in [0.2, 0.25) is 0 Å². The molecule has 0 amide bonds. The van der Waals surface area contributed by atoms with Gasteiger partial charge >= 0.3 is 13.0 Å². The molecule has 1 aliphatic carbocycles. The largest absolute Gasteiger partial charge is 0.435 e. The summed E-state index contributed by atoms with van der Waals surface area (Å²) in [6.07, 6.45) is 1.23. The normalized spacial score (nSPS) is 15.6. The van der Waals surface area contributed by atoms with Crippen LogP contribution in [0.5, 0.6) is 5.75 Å². The molecule has 1 saturated carbocycles. The summed E-state index contributed by atoms with van der Waals surface area (Å²) in [5.41, 5.74) is 0.260. The van der Waals surface area contributed by atoms with Crippen molar-refractivity contribution in [1.29, 1.82) is 0 Å². The van der Waals surface area contributed by atoms with E-state index >= 15 is 0 Å². The van der Waals surface area contributed by atoms with E-state index in [1.807, 2.05) is 0 Å². The predicted octanol–water partition coefficient (Wildman–Crippen LogP) is 4.12. The quantitative estimate of drug-likeness (QED) is 0.378. The number of likely N-dealkylation sites (N-methyl/N-ethyl adjacent to an activating group) is 1. The van der Waals surface area contributed by atoms with Gasteiger partial charge in [-0.15, -0.1) is 10.2 Å². The third-order valence-corrected chi connectivity index (χ3v) is 6.76. The molecule has 15 heteroatoms. The zero-order chi connectivity index (χ0) is 25.1. The summed E-state index contributed by atoms with van der Waals surface area (Å²) >= 11 is 0. The van der Waals surface area contributed by atoms with Crippen molar-refractivity contribution >= 4 is 16.9 Å². The molecule has 0 radical (unpaired) electrons. The first-order valence-corrected chi connectivity index (χ1v) is 11.4. The monoisotopic (exact) mass is 518 g/mol. The summed E-state index contributed by atoms with van der Waals surface area (Å²) in [5, 5.41) is 9.72. The maximum atomic E-state index is 14.8. The van der Waals surface area contributed by atoms with Gasteiger partial charge in [0.05, 0.1) is 22.6 Å². The van der Waals surface area contributed by atoms with Gasteiger partial charge in [0.15, 0.2) is 0 Å². The average molecular weight is 518 g/mol. The van der Waals surface area contributed by atoms with Crippen molar-refractivity contribution in [2.75, 3.05) is 18.9 Å². The minimum atomic E-state index is -3.11. The maximum absolute atomic E-state index is 14.8. The SMILES string of the molecule is CN(CC(Nc1ncc(-c2nnc(C(F)F)o2)cn1)c1ccc(OC(F)F)cc1F)S(=O)C1CC1. The van der Waals surface area contributed by atoms with Gasteiger partial charge in [-0.3, -0.25) is 0 Å². The Kier molecular flexibility index (Phi) is 7.54. The molecule has 2 unspecified atom stereocenters. The van der Waals surface area contributed by atoms with E-state index in [9.17, 15) is 26.2 Å². The van der Waals surface area contributed by atoms with Crippen molar-refractivity contribution in [3.05, 3.63) is 47.9 Å². The minimum absolute atomic E-state index is 0.0326. The molecule has 2 atom stereocenters. The van der Waals surface area contributed by atoms with Crippen molar-refractivity contribution in [1.82, 2.24) is 24.5 Å². The number of nitrogens with one attached hydrogen (secondary N) is 1. The number of halogens is 5. The second-order valence-corrected chi connectivity index (χ2v) is 9.43. The van der Waals surface area contributed by atoms with Crippen LogP contribution in [-0.2, 0) is 11.0 Å². The van der Waals surface area contributed by atoms with Crippen LogP contribution in [0, 0.1) is 5.82 Å². The predicted molar refractivity (Wildman–Crippen MR) is 113 cm³/mol. The molecule has 0 spiro atoms. The number of rotatable bonds is 11. The van der Waals surface area contributed by atoms with E-state index in [-0.39, 0.29) is 40.5 Å². The first-order chi connectivity index (χ1) is 16.7. The second-order valence-electron chi connectivity index (χ2n) is 7.59. The lowest BCUT2D eigenvalue weighted by atomic mass is 10.1. The average Bonchev–Trinajstić information content (AvgIpc) is 3.54. The maximum Gasteiger partial charge on any atom is 0.387 e. The number of aromatic nitrogens is 4. The molecule has 2 aromatic heterocycles. The van der Waals surface area contributed by atoms with Crippen molar-refractivity contribution in [3.63, 3.8) is 0 Å². The van der Waals surface area contributed by atoms with Gasteiger partial charge in [0.25, 0.3) is 11.8 Å². The summed E-state index contributed by atoms with van der Waals surface area (Å²) in [6, 6.07) is 2.46. The van der Waals surface area contributed by atoms with Gasteiger partial charge in [0.1, 0.15) is 11.6 Å². The number of anilines is 1. The van der Waals surface area contributed by atoms with Gasteiger partial charge in [-0.2, -0.15) is 17.6 Å². The molecule has 1 aromatic carbocycles. The molecule has 3 aromatic rings. The Labute approximate surface area is 198 Å². The fourth-order valence-corrected chi connectivity index (χ4v) is 4.50. The highest BCUT2D eigenvalue weighted by molar-refractivity contribution is 7.83. The number of nitrogens with zero attached hydrogens (tertiary/aromatic N) is 5. The van der Waals surface area contributed by atoms with Gasteiger partial charge < -0.3 is 14.5 Å². The van der Waals surface area contributed by atoms with Crippen molar-refractivity contribution in [2.45, 2.75) is 37.2 Å². The van der Waals surface area contributed by atoms with Gasteiger partial charge in [-0.25, -0.2) is 22.9 Å². The molecule has 35 heavy (non-hydrogen) atoms. The van der Waals surface area contributed by atoms with Crippen LogP contribution in [-0.4, -0.2) is 54.1 Å². The summed E-state index contributed by atoms with van der Waals surface area (Å²) < 4.78 is 88.3. The third-order valence-electron chi connectivity index (χ3n) is 4.96. The Morgan fingerprint density at radius 1 is 1.20 bits per heavy atom. The number of hydrogen-bond donors (Lipinski definition) is 1. The molecule has 1 aliphatic rings. The summed E-state index contributed by atoms with van der Waals surface area (Å²) in [5.74, 6) is -2.19. The molecule has 9 nitrogen and oxygen atoms in total. The molecule has 1 N–H and O–H groups in total. The van der Waals surface area contributed by atoms with Crippen LogP contribution in [0.15, 0.2) is 35.0 Å². The molecule has 188 valence electrons. The van der Waals surface area contributed by atoms with E-state index in [1.165, 1.54) is 24.5 Å². The van der Waals surface area contributed by atoms with Crippen LogP contribution in [0.25, 0.3) is 11.5 Å². The summed E-state index contributed by atoms with van der Waals surface area (Å²) in [7, 11) is 0.331. The van der Waals surface area contributed by atoms with Crippen LogP contribution < -0.4 is 10.1 Å². The standard InChI is InChI=1S/C20H19F5N6O3S/c1-31(35(32)12-3-4-12)9-15(13-5-2-11(6-14(13)21)33-19(24)25)28-20-26-7-10(8-27-20)17-29-30-18(34-17)16(22)23/h2,5-8,12,15-16,19H,3-4,9H2,1H3,(H,26,27,28). The minimum Gasteiger partial charge on any atom is -0.435 e. The Morgan fingerprint density at radius 2 is 1.91 bits per heavy atom. The summed E-state index contributed by atoms with van der Waals surface area (Å²) in [6.45, 7) is -3.04. The molecule has 4 rings (SSSR count). The number of benzene rings is 1. The lowest BCUT2D eigenvalue weighted by Crippen LogP contribution is -2.32. The zero-order valence-electron chi connectivity index (χ0n) is 18.1. The smallest absolute Gasteiger partial charge is 0.387 e. The van der Waals surface area contributed by atoms with Crippen LogP contribution >= 0.6 is 0 Å². The van der Waals surface area contributed by atoms with Crippen LogP contribution in [0.3, 0.4) is 0 Å². The Balaban J connectivity index is 1.55. The molecule has 0 saturated heterocycles. The molecule has 0 bridgehead atoms. The topological polar surface area (TPSA) is 106 Å². The van der Waals surface area contributed by atoms with Gasteiger partial charge in [-0.1, -0.05) is 6.07 Å². The van der Waals surface area contributed by atoms with Gasteiger partial charge in [0, 0.05) is 35.8 Å². The first kappa shape index (κ1) is 24.9. The number of alkyl halides is 4. The molecular weight excluding hydrogens is 499 g/mol. The van der Waals surface area contributed by atoms with E-state index in [0.29, 0.717) is 0 Å². The zero-order valence-corrected chi connectivity index (χ0v) is 18.9. The van der Waals surface area contributed by atoms with Crippen LogP contribution in [0.4, 0.5) is 27.9 Å². The van der Waals surface area contributed by atoms with E-state index in [2.05, 4.69) is 30.2 Å². The highest BCUT2D eigenvalue weighted by Crippen LogP contribution is 2.31. The number of hydrogen-bond acceptors (Lipinski definition) is 8. The Hall–Kier alpha value is -3.20. The van der Waals surface area contributed by atoms with Crippen molar-refractivity contribution in [3.8, 4) is 17.2 Å². The van der Waals surface area contributed by atoms with Crippen molar-refractivity contribution in [2.24, 2.45) is 0 Å².